The molecule has 0 aliphatic carbocycles. The van der Waals surface area contributed by atoms with Gasteiger partial charge < -0.3 is 24.6 Å². The topological polar surface area (TPSA) is 86.4 Å². The molecule has 0 radical (unpaired) electrons. The molecule has 0 spiro atoms. The second-order valence-electron chi connectivity index (χ2n) is 5.07. The molecule has 1 aliphatic rings. The fourth-order valence-corrected chi connectivity index (χ4v) is 2.56. The Morgan fingerprint density at radius 3 is 2.62 bits per heavy atom. The molecular weight excluding hydrogens is 270 g/mol. The predicted molar refractivity (Wildman–Crippen MR) is 81.9 cm³/mol. The number of amidine groups is 1. The Morgan fingerprint density at radius 1 is 1.43 bits per heavy atom. The van der Waals surface area contributed by atoms with Crippen molar-refractivity contribution in [3.63, 3.8) is 0 Å². The van der Waals surface area contributed by atoms with E-state index >= 15 is 0 Å². The SMILES string of the molecule is CCNc1c(C(=N)N2CCOCC2)nc(C(C)O)n1CC. The number of hydrogen-bond acceptors (Lipinski definition) is 5. The average Bonchev–Trinajstić information content (AvgIpc) is 2.86. The first-order valence-electron chi connectivity index (χ1n) is 7.54. The summed E-state index contributed by atoms with van der Waals surface area (Å²) in [6, 6.07) is 0. The number of morpholine rings is 1. The minimum Gasteiger partial charge on any atom is -0.385 e. The molecule has 1 unspecified atom stereocenters. The summed E-state index contributed by atoms with van der Waals surface area (Å²) in [5, 5.41) is 21.6. The fourth-order valence-electron chi connectivity index (χ4n) is 2.56. The van der Waals surface area contributed by atoms with Gasteiger partial charge in [0.15, 0.2) is 5.84 Å². The third kappa shape index (κ3) is 3.19. The highest BCUT2D eigenvalue weighted by Crippen LogP contribution is 2.24. The lowest BCUT2D eigenvalue weighted by Gasteiger charge is -2.28. The first kappa shape index (κ1) is 15.8. The summed E-state index contributed by atoms with van der Waals surface area (Å²) in [7, 11) is 0. The van der Waals surface area contributed by atoms with Gasteiger partial charge in [-0.3, -0.25) is 5.41 Å². The van der Waals surface area contributed by atoms with Gasteiger partial charge in [0.1, 0.15) is 23.4 Å². The molecule has 1 saturated heterocycles. The molecule has 0 amide bonds. The van der Waals surface area contributed by atoms with Crippen molar-refractivity contribution in [1.82, 2.24) is 14.5 Å². The van der Waals surface area contributed by atoms with Crippen molar-refractivity contribution >= 4 is 11.7 Å². The molecule has 1 fully saturated rings. The number of ether oxygens (including phenoxy) is 1. The largest absolute Gasteiger partial charge is 0.385 e. The molecule has 1 aromatic rings. The molecule has 0 aromatic carbocycles. The minimum atomic E-state index is -0.659. The maximum Gasteiger partial charge on any atom is 0.151 e. The molecule has 0 saturated carbocycles. The second kappa shape index (κ2) is 6.91. The van der Waals surface area contributed by atoms with Gasteiger partial charge in [-0.1, -0.05) is 0 Å². The number of nitrogens with one attached hydrogen (secondary N) is 2. The normalized spacial score (nSPS) is 16.9. The van der Waals surface area contributed by atoms with Crippen molar-refractivity contribution in [2.45, 2.75) is 33.4 Å². The Bertz CT molecular complexity index is 492. The molecule has 1 aromatic heterocycles. The predicted octanol–water partition coefficient (Wildman–Crippen LogP) is 1.05. The molecule has 2 heterocycles. The summed E-state index contributed by atoms with van der Waals surface area (Å²) in [5.74, 6) is 1.80. The highest BCUT2D eigenvalue weighted by Gasteiger charge is 2.25. The zero-order chi connectivity index (χ0) is 15.4. The molecule has 118 valence electrons. The molecule has 7 nitrogen and oxygen atoms in total. The van der Waals surface area contributed by atoms with E-state index < -0.39 is 6.10 Å². The summed E-state index contributed by atoms with van der Waals surface area (Å²) in [6.45, 7) is 9.84. The molecule has 3 N–H and O–H groups in total. The first-order chi connectivity index (χ1) is 10.1. The molecular formula is C14H25N5O2. The number of aliphatic hydroxyl groups is 1. The van der Waals surface area contributed by atoms with E-state index in [0.717, 1.165) is 12.4 Å². The van der Waals surface area contributed by atoms with Crippen LogP contribution in [0.25, 0.3) is 0 Å². The van der Waals surface area contributed by atoms with Crippen molar-refractivity contribution in [2.75, 3.05) is 38.2 Å². The monoisotopic (exact) mass is 295 g/mol. The summed E-state index contributed by atoms with van der Waals surface area (Å²) in [4.78, 5) is 6.49. The summed E-state index contributed by atoms with van der Waals surface area (Å²) < 4.78 is 7.28. The van der Waals surface area contributed by atoms with Gasteiger partial charge in [0.05, 0.1) is 13.2 Å². The highest BCUT2D eigenvalue weighted by molar-refractivity contribution is 5.99. The van der Waals surface area contributed by atoms with Crippen molar-refractivity contribution in [2.24, 2.45) is 0 Å². The van der Waals surface area contributed by atoms with E-state index in [0.29, 0.717) is 50.2 Å². The Balaban J connectivity index is 2.38. The van der Waals surface area contributed by atoms with Gasteiger partial charge in [0.2, 0.25) is 0 Å². The quantitative estimate of drug-likeness (QED) is 0.558. The fraction of sp³-hybridized carbons (Fsp3) is 0.714. The number of hydrogen-bond donors (Lipinski definition) is 3. The van der Waals surface area contributed by atoms with Gasteiger partial charge in [0, 0.05) is 26.2 Å². The van der Waals surface area contributed by atoms with Gasteiger partial charge in [-0.2, -0.15) is 0 Å². The lowest BCUT2D eigenvalue weighted by molar-refractivity contribution is 0.0679. The minimum absolute atomic E-state index is 0.392. The lowest BCUT2D eigenvalue weighted by Crippen LogP contribution is -2.41. The van der Waals surface area contributed by atoms with Crippen molar-refractivity contribution in [1.29, 1.82) is 5.41 Å². The van der Waals surface area contributed by atoms with Crippen LogP contribution < -0.4 is 5.32 Å². The molecule has 1 aliphatic heterocycles. The standard InChI is InChI=1S/C14H25N5O2/c1-4-16-14-11(12(15)18-6-8-21-9-7-18)17-13(10(3)20)19(14)5-2/h10,15-16,20H,4-9H2,1-3H3. The van der Waals surface area contributed by atoms with E-state index in [9.17, 15) is 5.11 Å². The van der Waals surface area contributed by atoms with E-state index in [-0.39, 0.29) is 0 Å². The van der Waals surface area contributed by atoms with Crippen LogP contribution >= 0.6 is 0 Å². The maximum atomic E-state index is 9.92. The van der Waals surface area contributed by atoms with Crippen LogP contribution in [0.2, 0.25) is 0 Å². The molecule has 1 atom stereocenters. The number of rotatable bonds is 5. The van der Waals surface area contributed by atoms with Crippen molar-refractivity contribution < 1.29 is 9.84 Å². The van der Waals surface area contributed by atoms with Crippen LogP contribution in [0.15, 0.2) is 0 Å². The summed E-state index contributed by atoms with van der Waals surface area (Å²) in [6.07, 6.45) is -0.659. The van der Waals surface area contributed by atoms with Gasteiger partial charge in [0.25, 0.3) is 0 Å². The molecule has 21 heavy (non-hydrogen) atoms. The van der Waals surface area contributed by atoms with Crippen LogP contribution in [-0.2, 0) is 11.3 Å². The zero-order valence-corrected chi connectivity index (χ0v) is 13.0. The van der Waals surface area contributed by atoms with E-state index in [4.69, 9.17) is 10.1 Å². The lowest BCUT2D eigenvalue weighted by atomic mass is 10.3. The van der Waals surface area contributed by atoms with Crippen LogP contribution in [-0.4, -0.2) is 58.2 Å². The third-order valence-electron chi connectivity index (χ3n) is 3.58. The molecule has 7 heteroatoms. The Morgan fingerprint density at radius 2 is 2.10 bits per heavy atom. The van der Waals surface area contributed by atoms with Gasteiger partial charge in [-0.15, -0.1) is 0 Å². The summed E-state index contributed by atoms with van der Waals surface area (Å²) >= 11 is 0. The number of anilines is 1. The number of aliphatic hydroxyl groups excluding tert-OH is 1. The summed E-state index contributed by atoms with van der Waals surface area (Å²) in [5.41, 5.74) is 0.608. The van der Waals surface area contributed by atoms with E-state index in [1.807, 2.05) is 23.3 Å². The van der Waals surface area contributed by atoms with Gasteiger partial charge >= 0.3 is 0 Å². The first-order valence-corrected chi connectivity index (χ1v) is 7.54. The van der Waals surface area contributed by atoms with Gasteiger partial charge in [-0.25, -0.2) is 4.98 Å². The van der Waals surface area contributed by atoms with Crippen LogP contribution in [0.1, 0.15) is 38.4 Å². The molecule has 0 bridgehead atoms. The zero-order valence-electron chi connectivity index (χ0n) is 13.0. The highest BCUT2D eigenvalue weighted by atomic mass is 16.5. The smallest absolute Gasteiger partial charge is 0.151 e. The Kier molecular flexibility index (Phi) is 5.19. The van der Waals surface area contributed by atoms with Gasteiger partial charge in [-0.05, 0) is 20.8 Å². The Hall–Kier alpha value is -1.60. The van der Waals surface area contributed by atoms with E-state index in [1.165, 1.54) is 0 Å². The van der Waals surface area contributed by atoms with Crippen LogP contribution in [0, 0.1) is 5.41 Å². The van der Waals surface area contributed by atoms with Crippen LogP contribution in [0.4, 0.5) is 5.82 Å². The maximum absolute atomic E-state index is 9.92. The van der Waals surface area contributed by atoms with Crippen LogP contribution in [0.5, 0.6) is 0 Å². The van der Waals surface area contributed by atoms with Crippen molar-refractivity contribution in [3.05, 3.63) is 11.5 Å². The van der Waals surface area contributed by atoms with E-state index in [1.54, 1.807) is 6.92 Å². The second-order valence-corrected chi connectivity index (χ2v) is 5.07. The van der Waals surface area contributed by atoms with Crippen molar-refractivity contribution in [3.8, 4) is 0 Å². The number of imidazole rings is 1. The Labute approximate surface area is 125 Å². The van der Waals surface area contributed by atoms with Crippen LogP contribution in [0.3, 0.4) is 0 Å². The average molecular weight is 295 g/mol. The third-order valence-corrected chi connectivity index (χ3v) is 3.58. The number of nitrogens with zero attached hydrogens (tertiary/aromatic N) is 3. The number of aromatic nitrogens is 2. The van der Waals surface area contributed by atoms with E-state index in [2.05, 4.69) is 10.3 Å². The molecule has 2 rings (SSSR count).